The minimum atomic E-state index is -0.708. The number of esters is 1. The van der Waals surface area contributed by atoms with Gasteiger partial charge in [-0.1, -0.05) is 114 Å². The van der Waals surface area contributed by atoms with Gasteiger partial charge in [0, 0.05) is 6.42 Å². The number of benzene rings is 1. The zero-order chi connectivity index (χ0) is 21.7. The molecule has 4 heteroatoms. The molecule has 1 aromatic carbocycles. The second-order valence-corrected chi connectivity index (χ2v) is 8.15. The summed E-state index contributed by atoms with van der Waals surface area (Å²) in [6, 6.07) is 9.64. The van der Waals surface area contributed by atoms with Gasteiger partial charge in [0.1, 0.15) is 12.7 Å². The first kappa shape index (κ1) is 26.4. The summed E-state index contributed by atoms with van der Waals surface area (Å²) in [6.07, 6.45) is 17.0. The topological polar surface area (TPSA) is 52.6 Å². The Morgan fingerprint density at radius 2 is 1.37 bits per heavy atom. The predicted molar refractivity (Wildman–Crippen MR) is 122 cm³/mol. The van der Waals surface area contributed by atoms with E-state index in [1.165, 1.54) is 70.6 Å². The Bertz CT molecular complexity index is 529. The van der Waals surface area contributed by atoms with E-state index < -0.39 is 6.10 Å². The summed E-state index contributed by atoms with van der Waals surface area (Å²) in [5.74, 6) is -0.242. The molecule has 0 aliphatic heterocycles. The largest absolute Gasteiger partial charge is 0.462 e. The van der Waals surface area contributed by atoms with E-state index in [-0.39, 0.29) is 12.6 Å². The van der Waals surface area contributed by atoms with Crippen LogP contribution in [-0.2, 0) is 25.7 Å². The minimum absolute atomic E-state index is 0.00634. The second kappa shape index (κ2) is 19.3. The molecule has 0 spiro atoms. The Hall–Kier alpha value is -1.68. The summed E-state index contributed by atoms with van der Waals surface area (Å²) < 4.78 is 10.7. The quantitative estimate of drug-likeness (QED) is 0.133. The first-order chi connectivity index (χ1) is 14.8. The van der Waals surface area contributed by atoms with Crippen LogP contribution in [0, 0.1) is 0 Å². The number of carbonyl (C=O) groups excluding carboxylic acids is 2. The van der Waals surface area contributed by atoms with Gasteiger partial charge in [0.2, 0.25) is 0 Å². The molecule has 0 N–H and O–H groups in total. The third-order valence-corrected chi connectivity index (χ3v) is 5.35. The van der Waals surface area contributed by atoms with Crippen LogP contribution >= 0.6 is 0 Å². The van der Waals surface area contributed by atoms with E-state index in [9.17, 15) is 9.59 Å². The maximum atomic E-state index is 11.8. The fourth-order valence-corrected chi connectivity index (χ4v) is 3.44. The number of hydrogen-bond donors (Lipinski definition) is 0. The molecular formula is C26H42O4. The fraction of sp³-hybridized carbons (Fsp3) is 0.692. The number of hydrogen-bond acceptors (Lipinski definition) is 4. The highest BCUT2D eigenvalue weighted by Gasteiger charge is 2.11. The van der Waals surface area contributed by atoms with Crippen LogP contribution in [0.5, 0.6) is 0 Å². The molecule has 1 aromatic rings. The van der Waals surface area contributed by atoms with Crippen LogP contribution in [0.3, 0.4) is 0 Å². The SMILES string of the molecule is CCCCCCCCCCCCCCCC(=O)OC[C@@H](C=O)OCc1ccccc1. The van der Waals surface area contributed by atoms with Crippen molar-refractivity contribution in [2.75, 3.05) is 6.61 Å². The van der Waals surface area contributed by atoms with Gasteiger partial charge in [-0.15, -0.1) is 0 Å². The lowest BCUT2D eigenvalue weighted by molar-refractivity contribution is -0.149. The lowest BCUT2D eigenvalue weighted by Crippen LogP contribution is -2.23. The molecule has 0 bridgehead atoms. The van der Waals surface area contributed by atoms with Gasteiger partial charge in [-0.25, -0.2) is 0 Å². The van der Waals surface area contributed by atoms with Crippen LogP contribution in [0.1, 0.15) is 102 Å². The normalized spacial score (nSPS) is 11.9. The summed E-state index contributed by atoms with van der Waals surface area (Å²) in [5, 5.41) is 0. The van der Waals surface area contributed by atoms with E-state index in [4.69, 9.17) is 9.47 Å². The van der Waals surface area contributed by atoms with Gasteiger partial charge in [-0.2, -0.15) is 0 Å². The van der Waals surface area contributed by atoms with Crippen molar-refractivity contribution in [2.24, 2.45) is 0 Å². The Morgan fingerprint density at radius 1 is 0.833 bits per heavy atom. The molecule has 0 radical (unpaired) electrons. The van der Waals surface area contributed by atoms with E-state index in [0.29, 0.717) is 19.3 Å². The monoisotopic (exact) mass is 418 g/mol. The van der Waals surface area contributed by atoms with Crippen molar-refractivity contribution >= 4 is 12.3 Å². The molecule has 0 aromatic heterocycles. The molecule has 1 atom stereocenters. The Kier molecular flexibility index (Phi) is 16.9. The van der Waals surface area contributed by atoms with E-state index in [1.807, 2.05) is 30.3 Å². The Balaban J connectivity index is 1.91. The maximum absolute atomic E-state index is 11.8. The third kappa shape index (κ3) is 15.2. The van der Waals surface area contributed by atoms with Gasteiger partial charge in [0.25, 0.3) is 0 Å². The van der Waals surface area contributed by atoms with Crippen LogP contribution in [0.4, 0.5) is 0 Å². The van der Waals surface area contributed by atoms with E-state index in [0.717, 1.165) is 18.4 Å². The van der Waals surface area contributed by atoms with E-state index in [2.05, 4.69) is 6.92 Å². The highest BCUT2D eigenvalue weighted by atomic mass is 16.6. The molecule has 4 nitrogen and oxygen atoms in total. The van der Waals surface area contributed by atoms with Gasteiger partial charge in [0.05, 0.1) is 6.61 Å². The summed E-state index contributed by atoms with van der Waals surface area (Å²) in [7, 11) is 0. The summed E-state index contributed by atoms with van der Waals surface area (Å²) in [6.45, 7) is 2.59. The van der Waals surface area contributed by atoms with Crippen molar-refractivity contribution in [1.29, 1.82) is 0 Å². The molecule has 170 valence electrons. The van der Waals surface area contributed by atoms with Crippen LogP contribution < -0.4 is 0 Å². The van der Waals surface area contributed by atoms with Gasteiger partial charge >= 0.3 is 5.97 Å². The fourth-order valence-electron chi connectivity index (χ4n) is 3.44. The molecule has 0 saturated carbocycles. The molecule has 0 heterocycles. The molecule has 0 unspecified atom stereocenters. The molecular weight excluding hydrogens is 376 g/mol. The zero-order valence-electron chi connectivity index (χ0n) is 19.0. The zero-order valence-corrected chi connectivity index (χ0v) is 19.0. The van der Waals surface area contributed by atoms with E-state index >= 15 is 0 Å². The van der Waals surface area contributed by atoms with Crippen molar-refractivity contribution in [1.82, 2.24) is 0 Å². The Labute approximate surface area is 183 Å². The Morgan fingerprint density at radius 3 is 1.90 bits per heavy atom. The van der Waals surface area contributed by atoms with Gasteiger partial charge in [-0.3, -0.25) is 4.79 Å². The molecule has 0 saturated heterocycles. The second-order valence-electron chi connectivity index (χ2n) is 8.15. The van der Waals surface area contributed by atoms with Gasteiger partial charge in [0.15, 0.2) is 6.29 Å². The van der Waals surface area contributed by atoms with Crippen LogP contribution in [0.25, 0.3) is 0 Å². The average Bonchev–Trinajstić information content (AvgIpc) is 2.77. The number of rotatable bonds is 20. The summed E-state index contributed by atoms with van der Waals surface area (Å²) >= 11 is 0. The first-order valence-electron chi connectivity index (χ1n) is 12.0. The smallest absolute Gasteiger partial charge is 0.305 e. The summed E-state index contributed by atoms with van der Waals surface area (Å²) in [4.78, 5) is 23.0. The van der Waals surface area contributed by atoms with Gasteiger partial charge in [-0.05, 0) is 12.0 Å². The standard InChI is InChI=1S/C26H42O4/c1-2-3-4-5-6-7-8-9-10-11-12-13-17-20-26(28)30-23-25(21-27)29-22-24-18-15-14-16-19-24/h14-16,18-19,21,25H,2-13,17,20,22-23H2,1H3/t25-/m1/s1. The number of unbranched alkanes of at least 4 members (excludes halogenated alkanes) is 12. The molecule has 0 amide bonds. The highest BCUT2D eigenvalue weighted by Crippen LogP contribution is 2.13. The predicted octanol–water partition coefficient (Wildman–Crippen LogP) is 6.80. The number of aldehydes is 1. The summed E-state index contributed by atoms with van der Waals surface area (Å²) in [5.41, 5.74) is 0.989. The number of ether oxygens (including phenoxy) is 2. The van der Waals surface area contributed by atoms with E-state index in [1.54, 1.807) is 0 Å². The number of carbonyl (C=O) groups is 2. The van der Waals surface area contributed by atoms with Crippen LogP contribution in [0.2, 0.25) is 0 Å². The van der Waals surface area contributed by atoms with Gasteiger partial charge < -0.3 is 14.3 Å². The lowest BCUT2D eigenvalue weighted by atomic mass is 10.0. The van der Waals surface area contributed by atoms with Crippen molar-refractivity contribution in [3.05, 3.63) is 35.9 Å². The molecule has 0 aliphatic rings. The van der Waals surface area contributed by atoms with Crippen LogP contribution in [-0.4, -0.2) is 25.0 Å². The van der Waals surface area contributed by atoms with Crippen molar-refractivity contribution in [3.8, 4) is 0 Å². The molecule has 1 rings (SSSR count). The molecule has 0 aliphatic carbocycles. The van der Waals surface area contributed by atoms with Crippen molar-refractivity contribution < 1.29 is 19.1 Å². The van der Waals surface area contributed by atoms with Crippen LogP contribution in [0.15, 0.2) is 30.3 Å². The maximum Gasteiger partial charge on any atom is 0.305 e. The van der Waals surface area contributed by atoms with Crippen molar-refractivity contribution in [3.63, 3.8) is 0 Å². The lowest BCUT2D eigenvalue weighted by Gasteiger charge is -2.12. The third-order valence-electron chi connectivity index (χ3n) is 5.35. The minimum Gasteiger partial charge on any atom is -0.462 e. The first-order valence-corrected chi connectivity index (χ1v) is 12.0. The molecule has 0 fully saturated rings. The average molecular weight is 419 g/mol. The molecule has 30 heavy (non-hydrogen) atoms. The highest BCUT2D eigenvalue weighted by molar-refractivity contribution is 5.69. The van der Waals surface area contributed by atoms with Crippen molar-refractivity contribution in [2.45, 2.75) is 110 Å².